The van der Waals surface area contributed by atoms with E-state index in [0.29, 0.717) is 23.7 Å². The Morgan fingerprint density at radius 2 is 2.08 bits per heavy atom. The molecule has 2 aromatic heterocycles. The number of benzene rings is 1. The number of nitrogens with one attached hydrogen (secondary N) is 1. The summed E-state index contributed by atoms with van der Waals surface area (Å²) in [5, 5.41) is 9.61. The quantitative estimate of drug-likeness (QED) is 0.704. The predicted molar refractivity (Wildman–Crippen MR) is 96.6 cm³/mol. The number of carbonyl (C=O) groups excluding carboxylic acids is 1. The summed E-state index contributed by atoms with van der Waals surface area (Å²) in [6, 6.07) is 8.76. The van der Waals surface area contributed by atoms with Gasteiger partial charge in [-0.15, -0.1) is 11.3 Å². The van der Waals surface area contributed by atoms with Crippen molar-refractivity contribution in [1.29, 1.82) is 0 Å². The minimum absolute atomic E-state index is 0.280. The zero-order chi connectivity index (χ0) is 17.1. The summed E-state index contributed by atoms with van der Waals surface area (Å²) in [4.78, 5) is 13.6. The SMILES string of the molecule is COc1c(Cl)cc(C(=O)Nc2ccnn2Cc2cccs2)cc1Cl. The number of hydrogen-bond donors (Lipinski definition) is 1. The van der Waals surface area contributed by atoms with Crippen LogP contribution in [0.2, 0.25) is 10.0 Å². The highest BCUT2D eigenvalue weighted by Crippen LogP contribution is 2.34. The zero-order valence-corrected chi connectivity index (χ0v) is 15.0. The molecule has 2 heterocycles. The van der Waals surface area contributed by atoms with Crippen LogP contribution in [0, 0.1) is 0 Å². The van der Waals surface area contributed by atoms with Gasteiger partial charge in [-0.2, -0.15) is 5.10 Å². The molecule has 0 saturated carbocycles. The van der Waals surface area contributed by atoms with E-state index in [9.17, 15) is 4.79 Å². The number of methoxy groups -OCH3 is 1. The van der Waals surface area contributed by atoms with Crippen molar-refractivity contribution >= 4 is 46.3 Å². The molecule has 0 aliphatic heterocycles. The van der Waals surface area contributed by atoms with Crippen LogP contribution in [0.1, 0.15) is 15.2 Å². The van der Waals surface area contributed by atoms with Crippen molar-refractivity contribution in [3.05, 3.63) is 62.4 Å². The van der Waals surface area contributed by atoms with Crippen molar-refractivity contribution in [3.63, 3.8) is 0 Å². The van der Waals surface area contributed by atoms with Crippen LogP contribution in [0.3, 0.4) is 0 Å². The van der Waals surface area contributed by atoms with Crippen LogP contribution < -0.4 is 10.1 Å². The van der Waals surface area contributed by atoms with Crippen molar-refractivity contribution in [2.45, 2.75) is 6.54 Å². The molecule has 0 aliphatic rings. The van der Waals surface area contributed by atoms with Gasteiger partial charge in [0, 0.05) is 16.5 Å². The molecular weight excluding hydrogens is 369 g/mol. The highest BCUT2D eigenvalue weighted by molar-refractivity contribution is 7.09. The van der Waals surface area contributed by atoms with E-state index in [1.165, 1.54) is 19.2 Å². The van der Waals surface area contributed by atoms with Gasteiger partial charge in [-0.3, -0.25) is 4.79 Å². The Morgan fingerprint density at radius 1 is 1.33 bits per heavy atom. The van der Waals surface area contributed by atoms with Crippen LogP contribution in [-0.4, -0.2) is 22.8 Å². The van der Waals surface area contributed by atoms with Crippen LogP contribution in [0.15, 0.2) is 41.9 Å². The molecule has 24 heavy (non-hydrogen) atoms. The summed E-state index contributed by atoms with van der Waals surface area (Å²) < 4.78 is 6.80. The lowest BCUT2D eigenvalue weighted by Gasteiger charge is -2.10. The molecule has 5 nitrogen and oxygen atoms in total. The van der Waals surface area contributed by atoms with E-state index in [4.69, 9.17) is 27.9 Å². The number of halogens is 2. The fraction of sp³-hybridized carbons (Fsp3) is 0.125. The fourth-order valence-electron chi connectivity index (χ4n) is 2.19. The van der Waals surface area contributed by atoms with E-state index in [1.54, 1.807) is 28.3 Å². The van der Waals surface area contributed by atoms with Crippen molar-refractivity contribution in [2.24, 2.45) is 0 Å². The summed E-state index contributed by atoms with van der Waals surface area (Å²) in [6.45, 7) is 0.588. The Balaban J connectivity index is 1.80. The minimum atomic E-state index is -0.325. The van der Waals surface area contributed by atoms with Gasteiger partial charge in [0.15, 0.2) is 5.75 Å². The minimum Gasteiger partial charge on any atom is -0.494 e. The number of ether oxygens (including phenoxy) is 1. The molecule has 1 N–H and O–H groups in total. The third-order valence-corrected chi connectivity index (χ3v) is 4.73. The Hall–Kier alpha value is -2.02. The highest BCUT2D eigenvalue weighted by Gasteiger charge is 2.15. The molecule has 0 spiro atoms. The molecule has 0 radical (unpaired) electrons. The number of anilines is 1. The number of carbonyl (C=O) groups is 1. The first-order valence-electron chi connectivity index (χ1n) is 6.97. The van der Waals surface area contributed by atoms with Gasteiger partial charge in [-0.25, -0.2) is 4.68 Å². The van der Waals surface area contributed by atoms with E-state index in [2.05, 4.69) is 10.4 Å². The van der Waals surface area contributed by atoms with E-state index >= 15 is 0 Å². The predicted octanol–water partition coefficient (Wildman–Crippen LogP) is 4.56. The molecule has 124 valence electrons. The molecule has 0 atom stereocenters. The van der Waals surface area contributed by atoms with E-state index in [-0.39, 0.29) is 16.0 Å². The lowest BCUT2D eigenvalue weighted by molar-refractivity contribution is 0.102. The lowest BCUT2D eigenvalue weighted by atomic mass is 10.2. The van der Waals surface area contributed by atoms with Crippen molar-refractivity contribution < 1.29 is 9.53 Å². The van der Waals surface area contributed by atoms with E-state index in [1.807, 2.05) is 17.5 Å². The molecule has 8 heteroatoms. The first-order chi connectivity index (χ1) is 11.6. The fourth-order valence-corrected chi connectivity index (χ4v) is 3.52. The van der Waals surface area contributed by atoms with Crippen molar-refractivity contribution in [2.75, 3.05) is 12.4 Å². The van der Waals surface area contributed by atoms with Gasteiger partial charge in [0.2, 0.25) is 0 Å². The van der Waals surface area contributed by atoms with Gasteiger partial charge >= 0.3 is 0 Å². The molecule has 1 amide bonds. The van der Waals surface area contributed by atoms with Crippen molar-refractivity contribution in [3.8, 4) is 5.75 Å². The van der Waals surface area contributed by atoms with E-state index in [0.717, 1.165) is 4.88 Å². The average molecular weight is 382 g/mol. The molecule has 1 aromatic carbocycles. The molecule has 0 aliphatic carbocycles. The molecule has 0 bridgehead atoms. The maximum Gasteiger partial charge on any atom is 0.256 e. The van der Waals surface area contributed by atoms with Crippen molar-refractivity contribution in [1.82, 2.24) is 9.78 Å². The lowest BCUT2D eigenvalue weighted by Crippen LogP contribution is -2.16. The molecule has 0 unspecified atom stereocenters. The smallest absolute Gasteiger partial charge is 0.256 e. The second kappa shape index (κ2) is 7.25. The standard InChI is InChI=1S/C16H13Cl2N3O2S/c1-23-15-12(17)7-10(8-13(15)18)16(22)20-14-4-5-19-21(14)9-11-3-2-6-24-11/h2-8H,9H2,1H3,(H,20,22). The average Bonchev–Trinajstić information content (AvgIpc) is 3.20. The van der Waals surface area contributed by atoms with Gasteiger partial charge in [0.05, 0.1) is 29.9 Å². The summed E-state index contributed by atoms with van der Waals surface area (Å²) in [6.07, 6.45) is 1.64. The normalized spacial score (nSPS) is 10.6. The first-order valence-corrected chi connectivity index (χ1v) is 8.60. The second-order valence-corrected chi connectivity index (χ2v) is 6.73. The van der Waals surface area contributed by atoms with Gasteiger partial charge in [0.1, 0.15) is 5.82 Å². The highest BCUT2D eigenvalue weighted by atomic mass is 35.5. The number of nitrogens with zero attached hydrogens (tertiary/aromatic N) is 2. The first kappa shape index (κ1) is 16.8. The number of rotatable bonds is 5. The number of amides is 1. The third kappa shape index (κ3) is 3.56. The largest absolute Gasteiger partial charge is 0.494 e. The van der Waals surface area contributed by atoms with Gasteiger partial charge in [-0.1, -0.05) is 29.3 Å². The van der Waals surface area contributed by atoms with Crippen LogP contribution in [-0.2, 0) is 6.54 Å². The molecular formula is C16H13Cl2N3O2S. The molecule has 3 aromatic rings. The summed E-state index contributed by atoms with van der Waals surface area (Å²) in [5.74, 6) is 0.614. The topological polar surface area (TPSA) is 56.1 Å². The molecule has 0 fully saturated rings. The van der Waals surface area contributed by atoms with Crippen LogP contribution in [0.4, 0.5) is 5.82 Å². The van der Waals surface area contributed by atoms with Gasteiger partial charge < -0.3 is 10.1 Å². The molecule has 0 saturated heterocycles. The van der Waals surface area contributed by atoms with E-state index < -0.39 is 0 Å². The Bertz CT molecular complexity index is 839. The maximum absolute atomic E-state index is 12.5. The number of hydrogen-bond acceptors (Lipinski definition) is 4. The Morgan fingerprint density at radius 3 is 2.71 bits per heavy atom. The monoisotopic (exact) mass is 381 g/mol. The Labute approximate surface area is 152 Å². The Kier molecular flexibility index (Phi) is 5.08. The van der Waals surface area contributed by atoms with Crippen LogP contribution >= 0.6 is 34.5 Å². The van der Waals surface area contributed by atoms with Gasteiger partial charge in [0.25, 0.3) is 5.91 Å². The summed E-state index contributed by atoms with van der Waals surface area (Å²) >= 11 is 13.8. The van der Waals surface area contributed by atoms with Gasteiger partial charge in [-0.05, 0) is 23.6 Å². The molecule has 3 rings (SSSR count). The number of aromatic nitrogens is 2. The maximum atomic E-state index is 12.5. The summed E-state index contributed by atoms with van der Waals surface area (Å²) in [5.41, 5.74) is 0.342. The zero-order valence-electron chi connectivity index (χ0n) is 12.6. The number of thiophene rings is 1. The van der Waals surface area contributed by atoms with Crippen LogP contribution in [0.5, 0.6) is 5.75 Å². The second-order valence-electron chi connectivity index (χ2n) is 4.88. The van der Waals surface area contributed by atoms with Crippen LogP contribution in [0.25, 0.3) is 0 Å². The summed E-state index contributed by atoms with van der Waals surface area (Å²) in [7, 11) is 1.47. The third-order valence-electron chi connectivity index (χ3n) is 3.31.